The van der Waals surface area contributed by atoms with Crippen molar-refractivity contribution >= 4 is 21.6 Å². The monoisotopic (exact) mass is 257 g/mol. The van der Waals surface area contributed by atoms with Gasteiger partial charge >= 0.3 is 0 Å². The van der Waals surface area contributed by atoms with Gasteiger partial charge in [0.15, 0.2) is 0 Å². The first kappa shape index (κ1) is 15.9. The van der Waals surface area contributed by atoms with Gasteiger partial charge in [0.1, 0.15) is 5.03 Å². The number of pyridine rings is 1. The predicted octanol–water partition coefficient (Wildman–Crippen LogP) is 5.43. The average Bonchev–Trinajstić information content (AvgIpc) is 2.37. The molecule has 0 aromatic carbocycles. The molecule has 0 radical (unpaired) electrons. The van der Waals surface area contributed by atoms with E-state index in [9.17, 15) is 0 Å². The summed E-state index contributed by atoms with van der Waals surface area (Å²) in [4.78, 5) is 4.25. The maximum atomic E-state index is 4.25. The molecule has 0 unspecified atom stereocenters. The maximum Gasteiger partial charge on any atom is 0.106 e. The minimum Gasteiger partial charge on any atom is -0.249 e. The molecule has 0 aliphatic carbocycles. The quantitative estimate of drug-likeness (QED) is 0.477. The van der Waals surface area contributed by atoms with Crippen molar-refractivity contribution in [2.24, 2.45) is 0 Å². The van der Waals surface area contributed by atoms with Crippen LogP contribution in [0.25, 0.3) is 0 Å². The summed E-state index contributed by atoms with van der Waals surface area (Å²) in [5.41, 5.74) is 0. The van der Waals surface area contributed by atoms with Gasteiger partial charge in [0.25, 0.3) is 0 Å². The van der Waals surface area contributed by atoms with E-state index in [1.165, 1.54) is 31.4 Å². The standard InChI is InChI=1S/C11H17NS2.C2H6/c1-2-3-4-7-10-13-14-11-8-5-6-9-12-11;1-2/h5-6,8-9H,2-4,7,10H2,1H3;1-2H3. The van der Waals surface area contributed by atoms with Gasteiger partial charge in [-0.15, -0.1) is 0 Å². The molecular weight excluding hydrogens is 234 g/mol. The van der Waals surface area contributed by atoms with E-state index in [0.29, 0.717) is 0 Å². The van der Waals surface area contributed by atoms with Crippen LogP contribution in [0.5, 0.6) is 0 Å². The summed E-state index contributed by atoms with van der Waals surface area (Å²) in [5, 5.41) is 1.12. The minimum absolute atomic E-state index is 1.12. The van der Waals surface area contributed by atoms with Crippen molar-refractivity contribution in [1.29, 1.82) is 0 Å². The summed E-state index contributed by atoms with van der Waals surface area (Å²) in [5.74, 6) is 1.24. The molecule has 92 valence electrons. The first-order valence-electron chi connectivity index (χ1n) is 6.14. The second-order valence-corrected chi connectivity index (χ2v) is 5.57. The van der Waals surface area contributed by atoms with Crippen LogP contribution in [-0.2, 0) is 0 Å². The summed E-state index contributed by atoms with van der Waals surface area (Å²) < 4.78 is 0. The zero-order valence-corrected chi connectivity index (χ0v) is 12.2. The van der Waals surface area contributed by atoms with Crippen molar-refractivity contribution < 1.29 is 0 Å². The Hall–Kier alpha value is -0.150. The van der Waals surface area contributed by atoms with Gasteiger partial charge < -0.3 is 0 Å². The van der Waals surface area contributed by atoms with E-state index in [2.05, 4.69) is 18.0 Å². The number of hydrogen-bond acceptors (Lipinski definition) is 3. The predicted molar refractivity (Wildman–Crippen MR) is 78.0 cm³/mol. The summed E-state index contributed by atoms with van der Waals surface area (Å²) >= 11 is 0. The van der Waals surface area contributed by atoms with Gasteiger partial charge in [-0.05, 0) is 29.3 Å². The first-order valence-corrected chi connectivity index (χ1v) is 8.46. The highest BCUT2D eigenvalue weighted by atomic mass is 33.1. The average molecular weight is 257 g/mol. The lowest BCUT2D eigenvalue weighted by atomic mass is 10.2. The van der Waals surface area contributed by atoms with Gasteiger partial charge in [-0.2, -0.15) is 0 Å². The summed E-state index contributed by atoms with van der Waals surface area (Å²) in [6.07, 6.45) is 7.23. The third-order valence-corrected chi connectivity index (χ3v) is 4.21. The number of hydrogen-bond donors (Lipinski definition) is 0. The topological polar surface area (TPSA) is 12.9 Å². The maximum absolute atomic E-state index is 4.25. The number of aromatic nitrogens is 1. The lowest BCUT2D eigenvalue weighted by Gasteiger charge is -1.99. The second kappa shape index (κ2) is 12.9. The molecule has 3 heteroatoms. The molecule has 0 fully saturated rings. The van der Waals surface area contributed by atoms with Crippen LogP contribution in [-0.4, -0.2) is 10.7 Å². The van der Waals surface area contributed by atoms with E-state index in [4.69, 9.17) is 0 Å². The molecule has 0 amide bonds. The molecule has 0 spiro atoms. The van der Waals surface area contributed by atoms with Crippen LogP contribution in [0.3, 0.4) is 0 Å². The van der Waals surface area contributed by atoms with Gasteiger partial charge in [-0.1, -0.05) is 56.9 Å². The Morgan fingerprint density at radius 2 is 1.94 bits per heavy atom. The van der Waals surface area contributed by atoms with Crippen molar-refractivity contribution in [3.63, 3.8) is 0 Å². The van der Waals surface area contributed by atoms with Crippen LogP contribution in [0.4, 0.5) is 0 Å². The zero-order chi connectivity index (χ0) is 12.1. The normalized spacial score (nSPS) is 9.44. The molecule has 0 atom stereocenters. The van der Waals surface area contributed by atoms with Gasteiger partial charge in [-0.25, -0.2) is 4.98 Å². The molecule has 0 aliphatic heterocycles. The lowest BCUT2D eigenvalue weighted by molar-refractivity contribution is 0.707. The molecule has 1 rings (SSSR count). The van der Waals surface area contributed by atoms with E-state index in [0.717, 1.165) is 5.03 Å². The molecule has 1 nitrogen and oxygen atoms in total. The molecule has 0 N–H and O–H groups in total. The smallest absolute Gasteiger partial charge is 0.106 e. The van der Waals surface area contributed by atoms with Crippen molar-refractivity contribution in [3.05, 3.63) is 24.4 Å². The van der Waals surface area contributed by atoms with Crippen LogP contribution >= 0.6 is 21.6 Å². The third kappa shape index (κ3) is 9.10. The first-order chi connectivity index (χ1) is 7.93. The van der Waals surface area contributed by atoms with Crippen molar-refractivity contribution in [2.45, 2.75) is 51.5 Å². The van der Waals surface area contributed by atoms with Crippen LogP contribution in [0.1, 0.15) is 46.5 Å². The summed E-state index contributed by atoms with van der Waals surface area (Å²) in [6, 6.07) is 6.05. The van der Waals surface area contributed by atoms with Crippen LogP contribution < -0.4 is 0 Å². The van der Waals surface area contributed by atoms with E-state index in [1.54, 1.807) is 10.8 Å². The molecule has 1 aromatic heterocycles. The van der Waals surface area contributed by atoms with Gasteiger partial charge in [0, 0.05) is 11.9 Å². The Labute approximate surface area is 108 Å². The van der Waals surface area contributed by atoms with Crippen LogP contribution in [0.2, 0.25) is 0 Å². The largest absolute Gasteiger partial charge is 0.249 e. The molecule has 0 saturated heterocycles. The minimum atomic E-state index is 1.12. The number of nitrogens with zero attached hydrogens (tertiary/aromatic N) is 1. The van der Waals surface area contributed by atoms with Gasteiger partial charge in [-0.3, -0.25) is 0 Å². The van der Waals surface area contributed by atoms with Crippen molar-refractivity contribution in [1.82, 2.24) is 4.98 Å². The molecule has 0 bridgehead atoms. The highest BCUT2D eigenvalue weighted by Gasteiger charge is 1.94. The third-order valence-electron chi connectivity index (χ3n) is 1.86. The fourth-order valence-electron chi connectivity index (χ4n) is 1.09. The molecule has 1 aromatic rings. The van der Waals surface area contributed by atoms with Crippen molar-refractivity contribution in [3.8, 4) is 0 Å². The zero-order valence-electron chi connectivity index (χ0n) is 10.6. The van der Waals surface area contributed by atoms with Gasteiger partial charge in [0.05, 0.1) is 0 Å². The van der Waals surface area contributed by atoms with E-state index >= 15 is 0 Å². The number of unbranched alkanes of at least 4 members (excludes halogenated alkanes) is 3. The van der Waals surface area contributed by atoms with Crippen LogP contribution in [0, 0.1) is 0 Å². The SMILES string of the molecule is CC.CCCCCCSSc1ccccn1. The fraction of sp³-hybridized carbons (Fsp3) is 0.615. The Morgan fingerprint density at radius 3 is 2.56 bits per heavy atom. The Balaban J connectivity index is 0.00000106. The molecule has 0 aliphatic rings. The second-order valence-electron chi connectivity index (χ2n) is 3.13. The Bertz CT molecular complexity index is 227. The molecule has 16 heavy (non-hydrogen) atoms. The van der Waals surface area contributed by atoms with E-state index in [1.807, 2.05) is 43.0 Å². The van der Waals surface area contributed by atoms with Gasteiger partial charge in [0.2, 0.25) is 0 Å². The van der Waals surface area contributed by atoms with Crippen LogP contribution in [0.15, 0.2) is 29.4 Å². The number of rotatable bonds is 7. The highest BCUT2D eigenvalue weighted by Crippen LogP contribution is 2.29. The molecule has 1 heterocycles. The van der Waals surface area contributed by atoms with E-state index < -0.39 is 0 Å². The Kier molecular flexibility index (Phi) is 12.8. The fourth-order valence-corrected chi connectivity index (χ4v) is 3.11. The highest BCUT2D eigenvalue weighted by molar-refractivity contribution is 8.76. The van der Waals surface area contributed by atoms with E-state index in [-0.39, 0.29) is 0 Å². The summed E-state index contributed by atoms with van der Waals surface area (Å²) in [7, 11) is 3.69. The van der Waals surface area contributed by atoms with Crippen molar-refractivity contribution in [2.75, 3.05) is 5.75 Å². The molecule has 0 saturated carbocycles. The lowest BCUT2D eigenvalue weighted by Crippen LogP contribution is -1.79. The molecular formula is C13H23NS2. The summed E-state index contributed by atoms with van der Waals surface area (Å²) in [6.45, 7) is 6.25. The Morgan fingerprint density at radius 1 is 1.12 bits per heavy atom.